The van der Waals surface area contributed by atoms with Gasteiger partial charge in [-0.15, -0.1) is 0 Å². The number of ether oxygens (including phenoxy) is 1. The van der Waals surface area contributed by atoms with Gasteiger partial charge in [-0.2, -0.15) is 0 Å². The zero-order valence-corrected chi connectivity index (χ0v) is 8.20. The third kappa shape index (κ3) is 24.5. The summed E-state index contributed by atoms with van der Waals surface area (Å²) in [6.07, 6.45) is 1.78. The molecule has 7 heteroatoms. The summed E-state index contributed by atoms with van der Waals surface area (Å²) in [5, 5.41) is 19.1. The minimum absolute atomic E-state index is 0.0616. The summed E-state index contributed by atoms with van der Waals surface area (Å²) < 4.78 is 4.31. The van der Waals surface area contributed by atoms with Crippen LogP contribution in [-0.4, -0.2) is 37.0 Å². The first kappa shape index (κ1) is 18.7. The van der Waals surface area contributed by atoms with E-state index in [1.54, 1.807) is 0 Å². The fourth-order valence-electron chi connectivity index (χ4n) is 0.381. The van der Waals surface area contributed by atoms with Gasteiger partial charge >= 0.3 is 5.97 Å². The molecule has 0 atom stereocenters. The molecule has 0 rings (SSSR count). The minimum Gasteiger partial charge on any atom is -0.466 e. The molecule has 15 heavy (non-hydrogen) atoms. The molecule has 0 radical (unpaired) electrons. The number of esters is 1. The van der Waals surface area contributed by atoms with E-state index in [2.05, 4.69) is 11.3 Å². The predicted octanol–water partition coefficient (Wildman–Crippen LogP) is -0.100. The number of isocyanates is 2. The summed E-state index contributed by atoms with van der Waals surface area (Å²) in [4.78, 5) is 27.2. The van der Waals surface area contributed by atoms with Crippen LogP contribution in [0.1, 0.15) is 6.42 Å². The zero-order chi connectivity index (χ0) is 12.7. The molecule has 0 bridgehead atoms. The van der Waals surface area contributed by atoms with Gasteiger partial charge in [-0.1, -0.05) is 6.58 Å². The number of nitrogens with one attached hydrogen (secondary N) is 2. The van der Waals surface area contributed by atoms with Crippen LogP contribution in [0.2, 0.25) is 0 Å². The summed E-state index contributed by atoms with van der Waals surface area (Å²) in [5.74, 6) is -0.455. The monoisotopic (exact) mass is 216 g/mol. The van der Waals surface area contributed by atoms with E-state index >= 15 is 0 Å². The molecule has 0 aliphatic rings. The predicted molar refractivity (Wildman–Crippen MR) is 49.7 cm³/mol. The van der Waals surface area contributed by atoms with Gasteiger partial charge in [0.25, 0.3) is 0 Å². The van der Waals surface area contributed by atoms with Gasteiger partial charge < -0.3 is 9.84 Å². The fraction of sp³-hybridized carbons (Fsp3) is 0.375. The van der Waals surface area contributed by atoms with Crippen LogP contribution in [0, 0.1) is 10.8 Å². The van der Waals surface area contributed by atoms with Gasteiger partial charge in [-0.3, -0.25) is 0 Å². The van der Waals surface area contributed by atoms with Gasteiger partial charge in [0, 0.05) is 18.6 Å². The molecule has 0 heterocycles. The second kappa shape index (κ2) is 17.9. The lowest BCUT2D eigenvalue weighted by molar-refractivity contribution is -0.136. The van der Waals surface area contributed by atoms with Gasteiger partial charge in [0.05, 0.1) is 7.11 Å². The third-order valence-electron chi connectivity index (χ3n) is 0.888. The highest BCUT2D eigenvalue weighted by atomic mass is 16.5. The molecule has 0 saturated heterocycles. The molecular formula is C8H12N2O5. The number of hydrogen-bond donors (Lipinski definition) is 3. The second-order valence-corrected chi connectivity index (χ2v) is 1.77. The molecule has 0 saturated carbocycles. The number of methoxy groups -OCH3 is 1. The third-order valence-corrected chi connectivity index (χ3v) is 0.888. The largest absolute Gasteiger partial charge is 0.466 e. The van der Waals surface area contributed by atoms with Crippen LogP contribution in [0.4, 0.5) is 0 Å². The van der Waals surface area contributed by atoms with Crippen LogP contribution in [0.15, 0.2) is 12.2 Å². The Hall–Kier alpha value is -2.07. The summed E-state index contributed by atoms with van der Waals surface area (Å²) in [6.45, 7) is 3.32. The van der Waals surface area contributed by atoms with E-state index in [0.717, 1.165) is 12.2 Å². The molecule has 3 N–H and O–H groups in total. The van der Waals surface area contributed by atoms with E-state index < -0.39 is 5.97 Å². The van der Waals surface area contributed by atoms with Crippen molar-refractivity contribution in [2.24, 2.45) is 0 Å². The lowest BCUT2D eigenvalue weighted by Gasteiger charge is -1.98. The maximum atomic E-state index is 10.5. The summed E-state index contributed by atoms with van der Waals surface area (Å²) in [7, 11) is 1.28. The van der Waals surface area contributed by atoms with E-state index in [1.807, 2.05) is 0 Å². The minimum atomic E-state index is -0.455. The molecule has 84 valence electrons. The Bertz CT molecular complexity index is 238. The number of aliphatic hydroxyl groups excluding tert-OH is 1. The maximum Gasteiger partial charge on any atom is 0.333 e. The summed E-state index contributed by atoms with van der Waals surface area (Å²) in [6, 6.07) is 0. The van der Waals surface area contributed by atoms with Gasteiger partial charge in [-0.05, 0) is 0 Å². The first-order valence-corrected chi connectivity index (χ1v) is 3.50. The van der Waals surface area contributed by atoms with Crippen LogP contribution >= 0.6 is 0 Å². The normalized spacial score (nSPS) is 6.27. The summed E-state index contributed by atoms with van der Waals surface area (Å²) in [5.41, 5.74) is 0.306. The first-order chi connectivity index (χ1) is 7.05. The Morgan fingerprint density at radius 2 is 1.73 bits per heavy atom. The average molecular weight is 216 g/mol. The highest BCUT2D eigenvalue weighted by Crippen LogP contribution is 1.97. The second-order valence-electron chi connectivity index (χ2n) is 1.77. The Morgan fingerprint density at radius 1 is 1.40 bits per heavy atom. The van der Waals surface area contributed by atoms with E-state index in [1.165, 1.54) is 7.11 Å². The Kier molecular flexibility index (Phi) is 22.2. The SMILES string of the molecule is C=C(CCO)C(=O)OC.N=C=O.N=C=O. The highest BCUT2D eigenvalue weighted by molar-refractivity contribution is 5.87. The molecule has 0 aromatic carbocycles. The Morgan fingerprint density at radius 3 is 1.93 bits per heavy atom. The van der Waals surface area contributed by atoms with Crippen molar-refractivity contribution in [3.63, 3.8) is 0 Å². The maximum absolute atomic E-state index is 10.5. The van der Waals surface area contributed by atoms with Crippen molar-refractivity contribution in [3.05, 3.63) is 12.2 Å². The standard InChI is InChI=1S/C6H10O3.2CHNO/c1-5(3-4-7)6(8)9-2;2*2-1-3/h7H,1,3-4H2,2H3;2*2H. The number of carbonyl (C=O) groups excluding carboxylic acids is 3. The molecule has 0 fully saturated rings. The molecule has 7 nitrogen and oxygen atoms in total. The number of hydrogen-bond acceptors (Lipinski definition) is 7. The van der Waals surface area contributed by atoms with Gasteiger partial charge in [-0.25, -0.2) is 25.2 Å². The van der Waals surface area contributed by atoms with Gasteiger partial charge in [0.1, 0.15) is 0 Å². The fourth-order valence-corrected chi connectivity index (χ4v) is 0.381. The number of aliphatic hydroxyl groups is 1. The quantitative estimate of drug-likeness (QED) is 0.262. The molecule has 0 aliphatic heterocycles. The van der Waals surface area contributed by atoms with Crippen LogP contribution in [0.5, 0.6) is 0 Å². The number of rotatable bonds is 3. The van der Waals surface area contributed by atoms with Crippen molar-refractivity contribution >= 4 is 18.1 Å². The van der Waals surface area contributed by atoms with Gasteiger partial charge in [0.15, 0.2) is 0 Å². The lowest BCUT2D eigenvalue weighted by atomic mass is 10.2. The average Bonchev–Trinajstić information content (AvgIpc) is 2.19. The molecule has 0 amide bonds. The van der Waals surface area contributed by atoms with Crippen LogP contribution in [0.3, 0.4) is 0 Å². The van der Waals surface area contributed by atoms with Crippen LogP contribution in [-0.2, 0) is 19.1 Å². The van der Waals surface area contributed by atoms with E-state index in [9.17, 15) is 4.79 Å². The first-order valence-electron chi connectivity index (χ1n) is 3.50. The highest BCUT2D eigenvalue weighted by Gasteiger charge is 2.03. The molecule has 0 aliphatic carbocycles. The van der Waals surface area contributed by atoms with Crippen molar-refractivity contribution in [1.82, 2.24) is 0 Å². The summed E-state index contributed by atoms with van der Waals surface area (Å²) >= 11 is 0. The van der Waals surface area contributed by atoms with Gasteiger partial charge in [0.2, 0.25) is 12.2 Å². The van der Waals surface area contributed by atoms with Crippen molar-refractivity contribution in [1.29, 1.82) is 10.8 Å². The van der Waals surface area contributed by atoms with Crippen LogP contribution in [0.25, 0.3) is 0 Å². The lowest BCUT2D eigenvalue weighted by Crippen LogP contribution is -2.04. The zero-order valence-electron chi connectivity index (χ0n) is 8.20. The molecular weight excluding hydrogens is 204 g/mol. The molecule has 0 unspecified atom stereocenters. The van der Waals surface area contributed by atoms with E-state index in [0.29, 0.717) is 5.57 Å². The smallest absolute Gasteiger partial charge is 0.333 e. The number of carbonyl (C=O) groups is 1. The van der Waals surface area contributed by atoms with Crippen molar-refractivity contribution in [3.8, 4) is 0 Å². The Labute approximate surface area is 86.4 Å². The van der Waals surface area contributed by atoms with Crippen molar-refractivity contribution in [2.75, 3.05) is 13.7 Å². The molecule has 0 aromatic rings. The molecule has 0 spiro atoms. The van der Waals surface area contributed by atoms with E-state index in [4.69, 9.17) is 25.5 Å². The van der Waals surface area contributed by atoms with Crippen molar-refractivity contribution in [2.45, 2.75) is 6.42 Å². The topological polar surface area (TPSA) is 128 Å². The Balaban J connectivity index is -0.000000200. The van der Waals surface area contributed by atoms with E-state index in [-0.39, 0.29) is 13.0 Å². The van der Waals surface area contributed by atoms with Crippen molar-refractivity contribution < 1.29 is 24.2 Å². The van der Waals surface area contributed by atoms with Crippen LogP contribution < -0.4 is 0 Å². The molecule has 0 aromatic heterocycles.